The van der Waals surface area contributed by atoms with Gasteiger partial charge in [0.15, 0.2) is 0 Å². The van der Waals surface area contributed by atoms with E-state index in [2.05, 4.69) is 51.4 Å². The number of halogens is 2. The van der Waals surface area contributed by atoms with E-state index >= 15 is 0 Å². The lowest BCUT2D eigenvalue weighted by Gasteiger charge is -2.14. The molecule has 6 rings (SSSR count). The molecule has 250 valence electrons. The van der Waals surface area contributed by atoms with E-state index in [1.165, 1.54) is 0 Å². The second-order valence-electron chi connectivity index (χ2n) is 12.0. The molecule has 1 aliphatic heterocycles. The predicted molar refractivity (Wildman–Crippen MR) is 189 cm³/mol. The molecule has 1 aromatic heterocycles. The number of aliphatic hydroxyl groups is 1. The Hall–Kier alpha value is -4.76. The number of amides is 1. The first-order valence-corrected chi connectivity index (χ1v) is 16.6. The maximum absolute atomic E-state index is 11.4. The Morgan fingerprint density at radius 2 is 1.80 bits per heavy atom. The number of fused-ring (bicyclic) bond motifs is 1. The minimum atomic E-state index is -1.17. The molecule has 1 fully saturated rings. The molecule has 10 nitrogen and oxygen atoms in total. The number of hydrogen-bond donors (Lipinski definition) is 5. The van der Waals surface area contributed by atoms with Crippen LogP contribution in [-0.4, -0.2) is 57.1 Å². The third kappa shape index (κ3) is 7.62. The number of aromatic nitrogens is 2. The number of aliphatic carboxylic acids is 1. The van der Waals surface area contributed by atoms with Gasteiger partial charge in [-0.3, -0.25) is 19.6 Å². The summed E-state index contributed by atoms with van der Waals surface area (Å²) in [7, 11) is 0. The summed E-state index contributed by atoms with van der Waals surface area (Å²) >= 11 is 13.8. The van der Waals surface area contributed by atoms with Gasteiger partial charge in [0, 0.05) is 59.2 Å². The number of carbonyl (C=O) groups excluding carboxylic acids is 1. The number of benzene rings is 4. The minimum absolute atomic E-state index is 0.115. The molecule has 2 atom stereocenters. The third-order valence-electron chi connectivity index (χ3n) is 8.76. The van der Waals surface area contributed by atoms with Gasteiger partial charge in [-0.1, -0.05) is 77.8 Å². The summed E-state index contributed by atoms with van der Waals surface area (Å²) in [6.45, 7) is 1.23. The highest BCUT2D eigenvalue weighted by Gasteiger charge is 2.21. The van der Waals surface area contributed by atoms with E-state index in [1.54, 1.807) is 23.0 Å². The number of rotatable bonds is 13. The molecule has 49 heavy (non-hydrogen) atoms. The zero-order valence-electron chi connectivity index (χ0n) is 26.4. The molecule has 0 aliphatic carbocycles. The number of carboxylic acids is 1. The van der Waals surface area contributed by atoms with Crippen molar-refractivity contribution < 1.29 is 19.8 Å². The van der Waals surface area contributed by atoms with Gasteiger partial charge < -0.3 is 20.8 Å². The Labute approximate surface area is 293 Å². The van der Waals surface area contributed by atoms with Crippen LogP contribution in [0.5, 0.6) is 0 Å². The zero-order valence-corrected chi connectivity index (χ0v) is 27.9. The predicted octanol–water partition coefficient (Wildman–Crippen LogP) is 5.50. The van der Waals surface area contributed by atoms with Crippen LogP contribution >= 0.6 is 23.2 Å². The molecule has 2 heterocycles. The second-order valence-corrected chi connectivity index (χ2v) is 12.8. The average Bonchev–Trinajstić information content (AvgIpc) is 3.72. The van der Waals surface area contributed by atoms with Gasteiger partial charge in [-0.05, 0) is 46.9 Å². The summed E-state index contributed by atoms with van der Waals surface area (Å²) in [5.74, 6) is -1.05. The average molecular weight is 698 g/mol. The summed E-state index contributed by atoms with van der Waals surface area (Å²) in [6.07, 6.45) is 3.24. The van der Waals surface area contributed by atoms with Crippen molar-refractivity contribution in [2.24, 2.45) is 0 Å². The van der Waals surface area contributed by atoms with Crippen LogP contribution in [0.2, 0.25) is 10.0 Å². The number of nitrogens with zero attached hydrogens (tertiary/aromatic N) is 3. The number of carboxylic acid groups (broad SMARTS) is 1. The molecule has 1 unspecified atom stereocenters. The lowest BCUT2D eigenvalue weighted by atomic mass is 9.96. The molecule has 4 aromatic carbocycles. The van der Waals surface area contributed by atoms with Crippen LogP contribution in [-0.2, 0) is 29.2 Å². The topological polar surface area (TPSA) is 152 Å². The maximum atomic E-state index is 11.4. The van der Waals surface area contributed by atoms with Gasteiger partial charge in [-0.25, -0.2) is 0 Å². The van der Waals surface area contributed by atoms with Crippen LogP contribution in [0.1, 0.15) is 35.1 Å². The van der Waals surface area contributed by atoms with Gasteiger partial charge in [-0.15, -0.1) is 0 Å². The summed E-state index contributed by atoms with van der Waals surface area (Å²) in [5.41, 5.74) is 7.21. The van der Waals surface area contributed by atoms with Crippen molar-refractivity contribution in [1.29, 1.82) is 5.26 Å². The highest BCUT2D eigenvalue weighted by molar-refractivity contribution is 6.36. The monoisotopic (exact) mass is 696 g/mol. The number of nitriles is 1. The van der Waals surface area contributed by atoms with Gasteiger partial charge in [0.1, 0.15) is 6.04 Å². The van der Waals surface area contributed by atoms with E-state index in [-0.39, 0.29) is 25.0 Å². The summed E-state index contributed by atoms with van der Waals surface area (Å²) in [4.78, 5) is 22.7. The van der Waals surface area contributed by atoms with E-state index in [0.29, 0.717) is 39.7 Å². The summed E-state index contributed by atoms with van der Waals surface area (Å²) in [6, 6.07) is 24.8. The second kappa shape index (κ2) is 15.2. The SMILES string of the molecule is N#Cc1cc(CN[C@@H](CO)C(=O)O)cc(Cl)c1Cn1ncc2c(-c3cccc(-c4ccc(CNCC5CCC(=O)N5)cc4)c3Cl)cccc21. The molecule has 0 bridgehead atoms. The fourth-order valence-electron chi connectivity index (χ4n) is 6.13. The van der Waals surface area contributed by atoms with Crippen molar-refractivity contribution >= 4 is 46.0 Å². The lowest BCUT2D eigenvalue weighted by Crippen LogP contribution is -2.39. The van der Waals surface area contributed by atoms with Crippen LogP contribution < -0.4 is 16.0 Å². The van der Waals surface area contributed by atoms with Crippen LogP contribution in [0.4, 0.5) is 0 Å². The smallest absolute Gasteiger partial charge is 0.323 e. The number of hydrogen-bond acceptors (Lipinski definition) is 7. The van der Waals surface area contributed by atoms with Crippen molar-refractivity contribution in [1.82, 2.24) is 25.7 Å². The van der Waals surface area contributed by atoms with Crippen molar-refractivity contribution in [2.45, 2.75) is 44.6 Å². The fraction of sp³-hybridized carbons (Fsp3) is 0.243. The normalized spacial score (nSPS) is 14.9. The molecular formula is C37H34Cl2N6O4. The van der Waals surface area contributed by atoms with Crippen molar-refractivity contribution in [3.63, 3.8) is 0 Å². The Morgan fingerprint density at radius 3 is 2.51 bits per heavy atom. The molecule has 12 heteroatoms. The first kappa shape index (κ1) is 34.1. The Bertz CT molecular complexity index is 2060. The van der Waals surface area contributed by atoms with Gasteiger partial charge >= 0.3 is 5.97 Å². The number of nitrogens with one attached hydrogen (secondary N) is 3. The van der Waals surface area contributed by atoms with Crippen LogP contribution in [0.15, 0.2) is 79.0 Å². The fourth-order valence-corrected chi connectivity index (χ4v) is 6.77. The van der Waals surface area contributed by atoms with E-state index in [0.717, 1.165) is 51.7 Å². The van der Waals surface area contributed by atoms with E-state index in [4.69, 9.17) is 23.2 Å². The quantitative estimate of drug-likeness (QED) is 0.108. The third-order valence-corrected chi connectivity index (χ3v) is 9.51. The molecule has 1 aliphatic rings. The molecule has 0 saturated carbocycles. The molecule has 5 aromatic rings. The summed E-state index contributed by atoms with van der Waals surface area (Å²) < 4.78 is 1.79. The Balaban J connectivity index is 1.21. The lowest BCUT2D eigenvalue weighted by molar-refractivity contribution is -0.140. The Kier molecular flexibility index (Phi) is 10.6. The van der Waals surface area contributed by atoms with Gasteiger partial charge in [-0.2, -0.15) is 10.4 Å². The summed E-state index contributed by atoms with van der Waals surface area (Å²) in [5, 5.41) is 44.1. The molecule has 5 N–H and O–H groups in total. The Morgan fingerprint density at radius 1 is 1.04 bits per heavy atom. The van der Waals surface area contributed by atoms with Crippen LogP contribution in [0.25, 0.3) is 33.2 Å². The molecular weight excluding hydrogens is 663 g/mol. The first-order chi connectivity index (χ1) is 23.7. The number of aliphatic hydroxyl groups excluding tert-OH is 1. The van der Waals surface area contributed by atoms with Crippen molar-refractivity contribution in [3.05, 3.63) is 111 Å². The van der Waals surface area contributed by atoms with Gasteiger partial charge in [0.2, 0.25) is 5.91 Å². The van der Waals surface area contributed by atoms with Crippen molar-refractivity contribution in [3.8, 4) is 28.3 Å². The first-order valence-electron chi connectivity index (χ1n) is 15.9. The minimum Gasteiger partial charge on any atom is -0.480 e. The van der Waals surface area contributed by atoms with Gasteiger partial charge in [0.05, 0.1) is 41.5 Å². The maximum Gasteiger partial charge on any atom is 0.323 e. The largest absolute Gasteiger partial charge is 0.480 e. The van der Waals surface area contributed by atoms with Gasteiger partial charge in [0.25, 0.3) is 0 Å². The molecule has 1 amide bonds. The molecule has 1 saturated heterocycles. The van der Waals surface area contributed by atoms with E-state index in [9.17, 15) is 25.1 Å². The van der Waals surface area contributed by atoms with E-state index in [1.807, 2.05) is 36.4 Å². The molecule has 0 radical (unpaired) electrons. The van der Waals surface area contributed by atoms with E-state index < -0.39 is 18.6 Å². The zero-order chi connectivity index (χ0) is 34.5. The highest BCUT2D eigenvalue weighted by atomic mass is 35.5. The number of carbonyl (C=O) groups is 2. The van der Waals surface area contributed by atoms with Crippen LogP contribution in [0.3, 0.4) is 0 Å². The highest BCUT2D eigenvalue weighted by Crippen LogP contribution is 2.39. The standard InChI is InChI=1S/C37H34Cl2N6O4/c38-32-14-23(17-42-33(21-46)37(48)49)13-25(15-40)31(32)20-45-34-6-2-4-28(30(34)19-43-45)29-5-1-3-27(36(29)39)24-9-7-22(8-10-24)16-41-18-26-11-12-35(47)44-26/h1-10,13-14,19,26,33,41-42,46H,11-12,16-18,20-21H2,(H,44,47)(H,48,49)/t26?,33-/m0/s1. The van der Waals surface area contributed by atoms with Crippen LogP contribution in [0, 0.1) is 11.3 Å². The molecule has 0 spiro atoms. The van der Waals surface area contributed by atoms with Crippen molar-refractivity contribution in [2.75, 3.05) is 13.2 Å².